The Labute approximate surface area is 163 Å². The van der Waals surface area contributed by atoms with Gasteiger partial charge in [0.15, 0.2) is 11.6 Å². The summed E-state index contributed by atoms with van der Waals surface area (Å²) in [6, 6.07) is 11.1. The Morgan fingerprint density at radius 1 is 0.964 bits per heavy atom. The van der Waals surface area contributed by atoms with Gasteiger partial charge in [0.2, 0.25) is 5.91 Å². The predicted octanol–water partition coefficient (Wildman–Crippen LogP) is 3.69. The first-order chi connectivity index (χ1) is 13.4. The van der Waals surface area contributed by atoms with E-state index in [1.165, 1.54) is 12.1 Å². The smallest absolute Gasteiger partial charge is 0.223 e. The Balaban J connectivity index is 1.35. The third-order valence-electron chi connectivity index (χ3n) is 6.00. The fourth-order valence-corrected chi connectivity index (χ4v) is 4.42. The van der Waals surface area contributed by atoms with E-state index in [4.69, 9.17) is 0 Å². The zero-order valence-electron chi connectivity index (χ0n) is 15.7. The van der Waals surface area contributed by atoms with Gasteiger partial charge in [-0.05, 0) is 66.7 Å². The van der Waals surface area contributed by atoms with Crippen molar-refractivity contribution in [2.24, 2.45) is 5.41 Å². The van der Waals surface area contributed by atoms with Gasteiger partial charge in [-0.15, -0.1) is 0 Å². The topological polar surface area (TPSA) is 43.8 Å². The van der Waals surface area contributed by atoms with Gasteiger partial charge in [-0.3, -0.25) is 9.69 Å². The molecule has 2 aliphatic rings. The first kappa shape index (κ1) is 18.9. The number of carbonyl (C=O) groups excluding carboxylic acids is 1. The van der Waals surface area contributed by atoms with Gasteiger partial charge in [0.1, 0.15) is 5.75 Å². The Bertz CT molecular complexity index is 879. The number of phenols is 1. The number of phenolic OH excluding ortho intramolecular Hbond substituents is 1. The molecule has 28 heavy (non-hydrogen) atoms. The summed E-state index contributed by atoms with van der Waals surface area (Å²) in [4.78, 5) is 16.7. The number of carbonyl (C=O) groups is 1. The molecule has 6 heteroatoms. The van der Waals surface area contributed by atoms with E-state index in [1.807, 2.05) is 12.1 Å². The summed E-state index contributed by atoms with van der Waals surface area (Å²) in [6.07, 6.45) is 2.40. The molecule has 0 aromatic heterocycles. The summed E-state index contributed by atoms with van der Waals surface area (Å²) in [5, 5.41) is 9.62. The summed E-state index contributed by atoms with van der Waals surface area (Å²) in [7, 11) is 0. The van der Waals surface area contributed by atoms with Crippen molar-refractivity contribution >= 4 is 5.91 Å². The highest BCUT2D eigenvalue weighted by Crippen LogP contribution is 2.41. The number of hydrogen-bond donors (Lipinski definition) is 1. The molecule has 2 heterocycles. The number of piperidine rings is 1. The fraction of sp³-hybridized carbons (Fsp3) is 0.409. The van der Waals surface area contributed by atoms with Crippen LogP contribution in [0.2, 0.25) is 0 Å². The van der Waals surface area contributed by atoms with Crippen LogP contribution in [-0.4, -0.2) is 40.4 Å². The predicted molar refractivity (Wildman–Crippen MR) is 101 cm³/mol. The normalized spacial score (nSPS) is 19.5. The Morgan fingerprint density at radius 3 is 2.43 bits per heavy atom. The highest BCUT2D eigenvalue weighted by molar-refractivity contribution is 5.79. The van der Waals surface area contributed by atoms with Crippen LogP contribution < -0.4 is 0 Å². The molecule has 0 atom stereocenters. The molecule has 2 fully saturated rings. The minimum absolute atomic E-state index is 0.0228. The van der Waals surface area contributed by atoms with Crippen LogP contribution in [0.5, 0.6) is 5.75 Å². The second kappa shape index (κ2) is 7.51. The highest BCUT2D eigenvalue weighted by Gasteiger charge is 2.44. The largest absolute Gasteiger partial charge is 0.508 e. The van der Waals surface area contributed by atoms with E-state index < -0.39 is 11.6 Å². The van der Waals surface area contributed by atoms with Gasteiger partial charge in [-0.2, -0.15) is 0 Å². The summed E-state index contributed by atoms with van der Waals surface area (Å²) < 4.78 is 26.6. The minimum atomic E-state index is -0.876. The Morgan fingerprint density at radius 2 is 1.71 bits per heavy atom. The average Bonchev–Trinajstić information content (AvgIpc) is 2.95. The lowest BCUT2D eigenvalue weighted by Crippen LogP contribution is -2.41. The number of aromatic hydroxyl groups is 1. The molecular weight excluding hydrogens is 362 g/mol. The van der Waals surface area contributed by atoms with E-state index in [0.717, 1.165) is 44.1 Å². The van der Waals surface area contributed by atoms with Crippen LogP contribution in [0.4, 0.5) is 8.78 Å². The van der Waals surface area contributed by atoms with Gasteiger partial charge in [-0.1, -0.05) is 18.2 Å². The molecule has 148 valence electrons. The molecule has 1 N–H and O–H groups in total. The van der Waals surface area contributed by atoms with E-state index in [-0.39, 0.29) is 17.1 Å². The number of nitrogens with zero attached hydrogens (tertiary/aromatic N) is 2. The Kier molecular flexibility index (Phi) is 5.06. The molecule has 2 aliphatic heterocycles. The van der Waals surface area contributed by atoms with Gasteiger partial charge in [0, 0.05) is 26.1 Å². The van der Waals surface area contributed by atoms with Crippen LogP contribution in [0.3, 0.4) is 0 Å². The maximum atomic E-state index is 13.4. The number of halogens is 2. The zero-order chi connectivity index (χ0) is 19.7. The average molecular weight is 386 g/mol. The minimum Gasteiger partial charge on any atom is -0.508 e. The van der Waals surface area contributed by atoms with Crippen molar-refractivity contribution in [3.05, 3.63) is 65.2 Å². The van der Waals surface area contributed by atoms with Crippen molar-refractivity contribution in [2.45, 2.75) is 32.4 Å². The molecule has 4 rings (SSSR count). The molecule has 0 unspecified atom stereocenters. The van der Waals surface area contributed by atoms with Crippen LogP contribution in [0, 0.1) is 17.0 Å². The lowest BCUT2D eigenvalue weighted by Gasteiger charge is -2.38. The molecule has 0 aliphatic carbocycles. The summed E-state index contributed by atoms with van der Waals surface area (Å²) >= 11 is 0. The number of hydrogen-bond acceptors (Lipinski definition) is 3. The standard InChI is InChI=1S/C22H24F2N2O2/c23-19-5-4-17(11-20(19)24)14-26-15-22(12-21(26)28)6-8-25(9-7-22)13-16-2-1-3-18(27)10-16/h1-5,10-11,27H,6-9,12-15H2. The third-order valence-corrected chi connectivity index (χ3v) is 6.00. The summed E-state index contributed by atoms with van der Waals surface area (Å²) in [5.74, 6) is -1.38. The fourth-order valence-electron chi connectivity index (χ4n) is 4.42. The maximum Gasteiger partial charge on any atom is 0.223 e. The number of benzene rings is 2. The SMILES string of the molecule is O=C1CC2(CCN(Cc3cccc(O)c3)CC2)CN1Cc1ccc(F)c(F)c1. The van der Waals surface area contributed by atoms with Crippen molar-refractivity contribution in [3.63, 3.8) is 0 Å². The highest BCUT2D eigenvalue weighted by atomic mass is 19.2. The van der Waals surface area contributed by atoms with E-state index in [9.17, 15) is 18.7 Å². The van der Waals surface area contributed by atoms with Gasteiger partial charge in [0.05, 0.1) is 0 Å². The van der Waals surface area contributed by atoms with E-state index >= 15 is 0 Å². The van der Waals surface area contributed by atoms with E-state index in [0.29, 0.717) is 25.1 Å². The zero-order valence-corrected chi connectivity index (χ0v) is 15.7. The molecule has 2 aromatic rings. The molecule has 2 aromatic carbocycles. The summed E-state index contributed by atoms with van der Waals surface area (Å²) in [6.45, 7) is 3.59. The van der Waals surface area contributed by atoms with Crippen molar-refractivity contribution in [1.29, 1.82) is 0 Å². The number of rotatable bonds is 4. The first-order valence-electron chi connectivity index (χ1n) is 9.64. The van der Waals surface area contributed by atoms with Crippen molar-refractivity contribution < 1.29 is 18.7 Å². The van der Waals surface area contributed by atoms with E-state index in [2.05, 4.69) is 4.90 Å². The monoisotopic (exact) mass is 386 g/mol. The lowest BCUT2D eigenvalue weighted by atomic mass is 9.77. The first-order valence-corrected chi connectivity index (χ1v) is 9.64. The second-order valence-corrected chi connectivity index (χ2v) is 8.12. The van der Waals surface area contributed by atoms with Crippen LogP contribution in [0.1, 0.15) is 30.4 Å². The quantitative estimate of drug-likeness (QED) is 0.872. The van der Waals surface area contributed by atoms with Crippen molar-refractivity contribution in [1.82, 2.24) is 9.80 Å². The molecule has 1 amide bonds. The Hall–Kier alpha value is -2.47. The van der Waals surface area contributed by atoms with Crippen LogP contribution in [-0.2, 0) is 17.9 Å². The molecular formula is C22H24F2N2O2. The van der Waals surface area contributed by atoms with Gasteiger partial charge < -0.3 is 10.0 Å². The van der Waals surface area contributed by atoms with Gasteiger partial charge in [0.25, 0.3) is 0 Å². The maximum absolute atomic E-state index is 13.4. The van der Waals surface area contributed by atoms with Crippen molar-refractivity contribution in [2.75, 3.05) is 19.6 Å². The number of amides is 1. The van der Waals surface area contributed by atoms with Crippen LogP contribution in [0.25, 0.3) is 0 Å². The van der Waals surface area contributed by atoms with Crippen LogP contribution in [0.15, 0.2) is 42.5 Å². The second-order valence-electron chi connectivity index (χ2n) is 8.12. The lowest BCUT2D eigenvalue weighted by molar-refractivity contribution is -0.128. The summed E-state index contributed by atoms with van der Waals surface area (Å²) in [5.41, 5.74) is 1.68. The van der Waals surface area contributed by atoms with Gasteiger partial charge >= 0.3 is 0 Å². The van der Waals surface area contributed by atoms with Crippen LogP contribution >= 0.6 is 0 Å². The van der Waals surface area contributed by atoms with E-state index in [1.54, 1.807) is 17.0 Å². The number of likely N-dealkylation sites (tertiary alicyclic amines) is 2. The molecule has 4 nitrogen and oxygen atoms in total. The van der Waals surface area contributed by atoms with Gasteiger partial charge in [-0.25, -0.2) is 8.78 Å². The molecule has 1 spiro atoms. The van der Waals surface area contributed by atoms with Crippen molar-refractivity contribution in [3.8, 4) is 5.75 Å². The third kappa shape index (κ3) is 4.02. The molecule has 2 saturated heterocycles. The molecule has 0 bridgehead atoms. The molecule has 0 saturated carbocycles. The molecule has 0 radical (unpaired) electrons.